The van der Waals surface area contributed by atoms with Crippen molar-refractivity contribution in [1.29, 1.82) is 0 Å². The molecule has 3 rings (SSSR count). The highest BCUT2D eigenvalue weighted by Crippen LogP contribution is 2.46. The molecule has 1 aliphatic rings. The van der Waals surface area contributed by atoms with Crippen molar-refractivity contribution in [2.24, 2.45) is 10.8 Å². The molecule has 2 aromatic heterocycles. The molecule has 1 aliphatic heterocycles. The molecule has 4 N–H and O–H groups in total. The molecule has 2 aromatic rings. The number of nitrogen functional groups attached to an aromatic ring is 1. The lowest BCUT2D eigenvalue weighted by molar-refractivity contribution is -0.0275. The molecule has 1 unspecified atom stereocenters. The van der Waals surface area contributed by atoms with Crippen molar-refractivity contribution in [1.82, 2.24) is 19.5 Å². The Labute approximate surface area is 215 Å². The first-order valence-corrected chi connectivity index (χ1v) is 18.0. The fourth-order valence-electron chi connectivity index (χ4n) is 3.67. The number of fused-ring (bicyclic) bond motifs is 1. The van der Waals surface area contributed by atoms with Crippen LogP contribution in [0.2, 0.25) is 36.3 Å². The highest BCUT2D eigenvalue weighted by molar-refractivity contribution is 6.74. The van der Waals surface area contributed by atoms with Crippen LogP contribution in [0, 0.1) is 0 Å². The zero-order valence-electron chi connectivity index (χ0n) is 23.1. The third-order valence-electron chi connectivity index (χ3n) is 7.87. The van der Waals surface area contributed by atoms with Crippen molar-refractivity contribution in [3.05, 3.63) is 16.8 Å². The van der Waals surface area contributed by atoms with E-state index < -0.39 is 41.2 Å². The van der Waals surface area contributed by atoms with E-state index in [-0.39, 0.29) is 28.4 Å². The van der Waals surface area contributed by atoms with E-state index in [0.29, 0.717) is 11.2 Å². The Bertz CT molecular complexity index is 1150. The Morgan fingerprint density at radius 1 is 1.06 bits per heavy atom. The highest BCUT2D eigenvalue weighted by atomic mass is 28.4. The Hall–Kier alpha value is -2.07. The van der Waals surface area contributed by atoms with Crippen LogP contribution in [0.15, 0.2) is 11.4 Å². The monoisotopic (exact) mass is 535 g/mol. The van der Waals surface area contributed by atoms with Gasteiger partial charge in [-0.15, -0.1) is 0 Å². The van der Waals surface area contributed by atoms with Gasteiger partial charge in [-0.2, -0.15) is 0 Å². The Morgan fingerprint density at radius 3 is 2.11 bits per heavy atom. The van der Waals surface area contributed by atoms with Gasteiger partial charge >= 0.3 is 0 Å². The fraction of sp³-hybridized carbons (Fsp3) is 0.773. The predicted molar refractivity (Wildman–Crippen MR) is 146 cm³/mol. The second-order valence-corrected chi connectivity index (χ2v) is 21.9. The minimum Gasteiger partial charge on any atom is -0.408 e. The van der Waals surface area contributed by atoms with Crippen molar-refractivity contribution < 1.29 is 13.6 Å². The number of aromatic nitrogens is 4. The molecule has 0 radical (unpaired) electrons. The van der Waals surface area contributed by atoms with Gasteiger partial charge in [-0.3, -0.25) is 4.57 Å². The minimum atomic E-state index is -2.32. The smallest absolute Gasteiger partial charge is 0.201 e. The largest absolute Gasteiger partial charge is 0.408 e. The SMILES string of the molecule is CC(C)(C)[Si](C)(C)OC1[C@@H](O[Si](C)(C)C(C)(C)C)[C@@H](CN)O[C@H]1n1c(N=[N+]=[N-])nc2c(N)ncnc21. The molecule has 12 nitrogen and oxygen atoms in total. The number of imidazole rings is 1. The van der Waals surface area contributed by atoms with Crippen molar-refractivity contribution >= 4 is 39.6 Å². The summed E-state index contributed by atoms with van der Waals surface area (Å²) in [5.74, 6) is 0.245. The van der Waals surface area contributed by atoms with Gasteiger partial charge in [-0.25, -0.2) is 15.0 Å². The Morgan fingerprint density at radius 2 is 1.61 bits per heavy atom. The molecule has 4 atom stereocenters. The van der Waals surface area contributed by atoms with E-state index in [1.165, 1.54) is 6.33 Å². The Balaban J connectivity index is 2.23. The normalized spacial score (nSPS) is 23.8. The van der Waals surface area contributed by atoms with Crippen LogP contribution < -0.4 is 11.5 Å². The summed E-state index contributed by atoms with van der Waals surface area (Å²) in [6.45, 7) is 22.1. The number of hydrogen-bond donors (Lipinski definition) is 2. The van der Waals surface area contributed by atoms with Crippen molar-refractivity contribution in [2.75, 3.05) is 12.3 Å². The second kappa shape index (κ2) is 9.67. The van der Waals surface area contributed by atoms with E-state index >= 15 is 0 Å². The fourth-order valence-corrected chi connectivity index (χ4v) is 6.27. The highest BCUT2D eigenvalue weighted by Gasteiger charge is 2.54. The summed E-state index contributed by atoms with van der Waals surface area (Å²) < 4.78 is 22.1. The van der Waals surface area contributed by atoms with E-state index in [4.69, 9.17) is 25.1 Å². The van der Waals surface area contributed by atoms with Crippen LogP contribution >= 0.6 is 0 Å². The van der Waals surface area contributed by atoms with Crippen LogP contribution in [0.5, 0.6) is 0 Å². The van der Waals surface area contributed by atoms with Gasteiger partial charge in [0.25, 0.3) is 0 Å². The summed E-state index contributed by atoms with van der Waals surface area (Å²) in [6.07, 6.45) is -0.838. The number of hydrogen-bond acceptors (Lipinski definition) is 9. The molecule has 1 fully saturated rings. The lowest BCUT2D eigenvalue weighted by Crippen LogP contribution is -2.54. The summed E-state index contributed by atoms with van der Waals surface area (Å²) in [5.41, 5.74) is 22.3. The molecule has 0 amide bonds. The van der Waals surface area contributed by atoms with E-state index in [0.717, 1.165) is 0 Å². The molecule has 0 aliphatic carbocycles. The van der Waals surface area contributed by atoms with Crippen LogP contribution in [0.4, 0.5) is 11.8 Å². The quantitative estimate of drug-likeness (QED) is 0.216. The summed E-state index contributed by atoms with van der Waals surface area (Å²) in [4.78, 5) is 15.8. The minimum absolute atomic E-state index is 0.0363. The third kappa shape index (κ3) is 5.16. The molecular formula is C22H41N9O3Si2. The molecule has 0 saturated carbocycles. The topological polar surface area (TPSA) is 172 Å². The average Bonchev–Trinajstić information content (AvgIpc) is 3.25. The molecule has 36 heavy (non-hydrogen) atoms. The lowest BCUT2D eigenvalue weighted by Gasteiger charge is -2.44. The first kappa shape index (κ1) is 28.5. The van der Waals surface area contributed by atoms with Crippen LogP contribution in [0.1, 0.15) is 47.8 Å². The van der Waals surface area contributed by atoms with Crippen molar-refractivity contribution in [2.45, 2.75) is 102 Å². The summed E-state index contributed by atoms with van der Waals surface area (Å²) in [5, 5.41) is 3.71. The van der Waals surface area contributed by atoms with Gasteiger partial charge in [0.15, 0.2) is 39.8 Å². The second-order valence-electron chi connectivity index (χ2n) is 12.4. The van der Waals surface area contributed by atoms with Crippen molar-refractivity contribution in [3.8, 4) is 0 Å². The standard InChI is InChI=1S/C22H41N9O3Si2/c1-21(2,3)35(7,8)33-15-13(11-23)32-19(16(15)34-36(9,10)22(4,5)6)31-18-14(17(24)26-12-27-18)28-20(31)29-30-25/h12-13,15-16,19H,11,23H2,1-10H3,(H2,24,26,27)/t13-,15+,16?,19-/m1/s1. The number of nitrogens with zero attached hydrogens (tertiary/aromatic N) is 7. The molecule has 14 heteroatoms. The number of azide groups is 1. The molecule has 200 valence electrons. The van der Waals surface area contributed by atoms with Crippen LogP contribution in [-0.4, -0.2) is 61.0 Å². The maximum atomic E-state index is 9.27. The predicted octanol–water partition coefficient (Wildman–Crippen LogP) is 4.99. The van der Waals surface area contributed by atoms with Gasteiger partial charge in [-0.1, -0.05) is 41.5 Å². The summed E-state index contributed by atoms with van der Waals surface area (Å²) in [6, 6.07) is 0. The van der Waals surface area contributed by atoms with Crippen molar-refractivity contribution in [3.63, 3.8) is 0 Å². The van der Waals surface area contributed by atoms with E-state index in [9.17, 15) is 5.53 Å². The first-order chi connectivity index (χ1) is 16.4. The molecule has 1 saturated heterocycles. The molecule has 0 spiro atoms. The molecular weight excluding hydrogens is 494 g/mol. The number of rotatable bonds is 7. The van der Waals surface area contributed by atoms with Crippen LogP contribution in [0.25, 0.3) is 21.6 Å². The van der Waals surface area contributed by atoms with Crippen LogP contribution in [-0.2, 0) is 13.6 Å². The molecule has 3 heterocycles. The van der Waals surface area contributed by atoms with E-state index in [1.54, 1.807) is 4.57 Å². The Kier molecular flexibility index (Phi) is 7.66. The van der Waals surface area contributed by atoms with Gasteiger partial charge in [-0.05, 0) is 46.9 Å². The average molecular weight is 536 g/mol. The zero-order chi connectivity index (χ0) is 27.3. The molecule has 0 bridgehead atoms. The molecule has 0 aromatic carbocycles. The number of nitrogens with two attached hydrogens (primary N) is 2. The van der Waals surface area contributed by atoms with Gasteiger partial charge in [0.05, 0.1) is 6.10 Å². The van der Waals surface area contributed by atoms with E-state index in [2.05, 4.69) is 92.7 Å². The third-order valence-corrected chi connectivity index (χ3v) is 16.8. The number of anilines is 1. The van der Waals surface area contributed by atoms with Gasteiger partial charge in [0.2, 0.25) is 5.95 Å². The van der Waals surface area contributed by atoms with Crippen LogP contribution in [0.3, 0.4) is 0 Å². The van der Waals surface area contributed by atoms with Gasteiger partial charge < -0.3 is 25.1 Å². The summed E-state index contributed by atoms with van der Waals surface area (Å²) >= 11 is 0. The maximum Gasteiger partial charge on any atom is 0.201 e. The van der Waals surface area contributed by atoms with Gasteiger partial charge in [0.1, 0.15) is 18.5 Å². The number of ether oxygens (including phenoxy) is 1. The zero-order valence-corrected chi connectivity index (χ0v) is 25.1. The maximum absolute atomic E-state index is 9.27. The first-order valence-electron chi connectivity index (χ1n) is 12.2. The van der Waals surface area contributed by atoms with Gasteiger partial charge in [0, 0.05) is 11.5 Å². The lowest BCUT2D eigenvalue weighted by atomic mass is 10.1. The summed E-state index contributed by atoms with van der Waals surface area (Å²) in [7, 11) is -4.57. The van der Waals surface area contributed by atoms with E-state index in [1.807, 2.05) is 0 Å².